The third-order valence-corrected chi connectivity index (χ3v) is 6.62. The van der Waals surface area contributed by atoms with Gasteiger partial charge in [0.1, 0.15) is 11.8 Å². The number of likely N-dealkylation sites (N-methyl/N-ethyl adjacent to an activating group) is 1. The van der Waals surface area contributed by atoms with Gasteiger partial charge in [0.15, 0.2) is 6.61 Å². The first kappa shape index (κ1) is 24.5. The number of carbonyl (C=O) groups excluding carboxylic acids is 2. The lowest BCUT2D eigenvalue weighted by Crippen LogP contribution is -2.49. The van der Waals surface area contributed by atoms with Crippen molar-refractivity contribution in [1.29, 1.82) is 0 Å². The van der Waals surface area contributed by atoms with Crippen LogP contribution in [0.5, 0.6) is 5.75 Å². The molecule has 0 aliphatic heterocycles. The van der Waals surface area contributed by atoms with E-state index in [4.69, 9.17) is 27.9 Å². The summed E-state index contributed by atoms with van der Waals surface area (Å²) in [6.45, 7) is 7.93. The van der Waals surface area contributed by atoms with Gasteiger partial charge in [-0.2, -0.15) is 0 Å². The highest BCUT2D eigenvalue weighted by molar-refractivity contribution is 9.10. The first-order valence-corrected chi connectivity index (χ1v) is 11.1. The average Bonchev–Trinajstić information content (AvgIpc) is 2.70. The Bertz CT molecular complexity index is 914. The summed E-state index contributed by atoms with van der Waals surface area (Å²) in [7, 11) is 0. The van der Waals surface area contributed by atoms with Crippen LogP contribution in [0.15, 0.2) is 34.8 Å². The van der Waals surface area contributed by atoms with E-state index in [2.05, 4.69) is 21.2 Å². The minimum Gasteiger partial charge on any atom is -0.484 e. The fourth-order valence-electron chi connectivity index (χ4n) is 2.96. The molecule has 8 heteroatoms. The second-order valence-corrected chi connectivity index (χ2v) is 8.61. The molecule has 2 aromatic carbocycles. The van der Waals surface area contributed by atoms with E-state index in [-0.39, 0.29) is 25.0 Å². The van der Waals surface area contributed by atoms with Gasteiger partial charge in [-0.15, -0.1) is 0 Å². The summed E-state index contributed by atoms with van der Waals surface area (Å²) in [6, 6.07) is 8.19. The highest BCUT2D eigenvalue weighted by Crippen LogP contribution is 2.27. The van der Waals surface area contributed by atoms with Crippen LogP contribution in [0.3, 0.4) is 0 Å². The molecule has 1 unspecified atom stereocenters. The second-order valence-electron chi connectivity index (χ2n) is 7.00. The van der Waals surface area contributed by atoms with Crippen LogP contribution in [0.1, 0.15) is 30.5 Å². The van der Waals surface area contributed by atoms with Gasteiger partial charge in [0, 0.05) is 17.6 Å². The monoisotopic (exact) mass is 514 g/mol. The Hall–Kier alpha value is -1.76. The lowest BCUT2D eigenvalue weighted by Gasteiger charge is -2.28. The Labute approximate surface area is 195 Å². The molecule has 0 bridgehead atoms. The van der Waals surface area contributed by atoms with Crippen LogP contribution in [0, 0.1) is 13.8 Å². The van der Waals surface area contributed by atoms with Gasteiger partial charge >= 0.3 is 0 Å². The summed E-state index contributed by atoms with van der Waals surface area (Å²) in [5.41, 5.74) is 2.80. The van der Waals surface area contributed by atoms with Gasteiger partial charge in [-0.25, -0.2) is 0 Å². The number of hydrogen-bond donors (Lipinski definition) is 1. The lowest BCUT2D eigenvalue weighted by atomic mass is 10.1. The molecule has 2 amide bonds. The van der Waals surface area contributed by atoms with Crippen molar-refractivity contribution in [3.05, 3.63) is 61.5 Å². The summed E-state index contributed by atoms with van der Waals surface area (Å²) in [5, 5.41) is 3.58. The van der Waals surface area contributed by atoms with Crippen molar-refractivity contribution in [2.24, 2.45) is 0 Å². The molecular formula is C22H25BrCl2N2O3. The van der Waals surface area contributed by atoms with Gasteiger partial charge in [0.2, 0.25) is 5.91 Å². The number of nitrogens with zero attached hydrogens (tertiary/aromatic N) is 1. The molecular weight excluding hydrogens is 491 g/mol. The van der Waals surface area contributed by atoms with E-state index in [1.807, 2.05) is 32.9 Å². The molecule has 1 atom stereocenters. The minimum absolute atomic E-state index is 0.189. The topological polar surface area (TPSA) is 58.6 Å². The van der Waals surface area contributed by atoms with Gasteiger partial charge in [-0.1, -0.05) is 45.2 Å². The van der Waals surface area contributed by atoms with E-state index < -0.39 is 6.04 Å². The molecule has 0 spiro atoms. The van der Waals surface area contributed by atoms with Crippen LogP contribution in [-0.4, -0.2) is 35.9 Å². The molecule has 0 aliphatic rings. The predicted molar refractivity (Wildman–Crippen MR) is 124 cm³/mol. The molecule has 0 heterocycles. The van der Waals surface area contributed by atoms with E-state index in [0.717, 1.165) is 21.2 Å². The van der Waals surface area contributed by atoms with Crippen molar-refractivity contribution >= 4 is 50.9 Å². The number of carbonyl (C=O) groups is 2. The summed E-state index contributed by atoms with van der Waals surface area (Å²) in [6.07, 6.45) is 0. The summed E-state index contributed by atoms with van der Waals surface area (Å²) >= 11 is 15.6. The van der Waals surface area contributed by atoms with E-state index in [9.17, 15) is 9.59 Å². The zero-order valence-corrected chi connectivity index (χ0v) is 20.5. The fraction of sp³-hybridized carbons (Fsp3) is 0.364. The molecule has 2 aromatic rings. The molecule has 0 saturated carbocycles. The smallest absolute Gasteiger partial charge is 0.261 e. The third kappa shape index (κ3) is 6.37. The van der Waals surface area contributed by atoms with Gasteiger partial charge in [0.25, 0.3) is 5.91 Å². The summed E-state index contributed by atoms with van der Waals surface area (Å²) in [5.74, 6) is 0.0565. The average molecular weight is 516 g/mol. The predicted octanol–water partition coefficient (Wildman–Crippen LogP) is 5.30. The number of rotatable bonds is 8. The molecule has 2 rings (SSSR count). The highest BCUT2D eigenvalue weighted by Gasteiger charge is 2.26. The van der Waals surface area contributed by atoms with Crippen molar-refractivity contribution < 1.29 is 14.3 Å². The van der Waals surface area contributed by atoms with Crippen LogP contribution in [0.4, 0.5) is 0 Å². The minimum atomic E-state index is -0.677. The first-order chi connectivity index (χ1) is 14.1. The van der Waals surface area contributed by atoms with Crippen LogP contribution >= 0.6 is 39.1 Å². The molecule has 0 aliphatic carbocycles. The largest absolute Gasteiger partial charge is 0.484 e. The molecule has 30 heavy (non-hydrogen) atoms. The standard InChI is InChI=1S/C22H25BrCl2N2O3/c1-5-26-22(29)15(4)27(11-16-6-7-18(24)19(25)10-16)20(28)12-30-17-8-13(2)21(23)14(3)9-17/h6-10,15H,5,11-12H2,1-4H3,(H,26,29). The molecule has 0 saturated heterocycles. The van der Waals surface area contributed by atoms with E-state index in [1.54, 1.807) is 25.1 Å². The highest BCUT2D eigenvalue weighted by atomic mass is 79.9. The van der Waals surface area contributed by atoms with Gasteiger partial charge in [-0.3, -0.25) is 9.59 Å². The van der Waals surface area contributed by atoms with Crippen molar-refractivity contribution in [2.75, 3.05) is 13.2 Å². The normalized spacial score (nSPS) is 11.7. The first-order valence-electron chi connectivity index (χ1n) is 9.54. The number of nitrogens with one attached hydrogen (secondary N) is 1. The third-order valence-electron chi connectivity index (χ3n) is 4.63. The zero-order valence-electron chi connectivity index (χ0n) is 17.4. The number of aryl methyl sites for hydroxylation is 2. The Morgan fingerprint density at radius 3 is 2.33 bits per heavy atom. The van der Waals surface area contributed by atoms with Gasteiger partial charge in [0.05, 0.1) is 10.0 Å². The van der Waals surface area contributed by atoms with Crippen molar-refractivity contribution in [2.45, 2.75) is 40.3 Å². The van der Waals surface area contributed by atoms with E-state index >= 15 is 0 Å². The number of halogens is 3. The number of amides is 2. The Balaban J connectivity index is 2.20. The van der Waals surface area contributed by atoms with Crippen LogP contribution in [0.25, 0.3) is 0 Å². The van der Waals surface area contributed by atoms with Crippen LogP contribution in [0.2, 0.25) is 10.0 Å². The lowest BCUT2D eigenvalue weighted by molar-refractivity contribution is -0.142. The Morgan fingerprint density at radius 1 is 1.13 bits per heavy atom. The number of ether oxygens (including phenoxy) is 1. The van der Waals surface area contributed by atoms with Crippen LogP contribution < -0.4 is 10.1 Å². The fourth-order valence-corrected chi connectivity index (χ4v) is 3.51. The maximum Gasteiger partial charge on any atom is 0.261 e. The van der Waals surface area contributed by atoms with Crippen molar-refractivity contribution in [1.82, 2.24) is 10.2 Å². The molecule has 0 aromatic heterocycles. The van der Waals surface area contributed by atoms with E-state index in [0.29, 0.717) is 22.3 Å². The SMILES string of the molecule is CCNC(=O)C(C)N(Cc1ccc(Cl)c(Cl)c1)C(=O)COc1cc(C)c(Br)c(C)c1. The second kappa shape index (κ2) is 11.0. The Morgan fingerprint density at radius 2 is 1.77 bits per heavy atom. The summed E-state index contributed by atoms with van der Waals surface area (Å²) < 4.78 is 6.75. The van der Waals surface area contributed by atoms with Crippen molar-refractivity contribution in [3.8, 4) is 5.75 Å². The van der Waals surface area contributed by atoms with Gasteiger partial charge in [-0.05, 0) is 68.7 Å². The molecule has 5 nitrogen and oxygen atoms in total. The number of hydrogen-bond acceptors (Lipinski definition) is 3. The Kier molecular flexibility index (Phi) is 9.01. The van der Waals surface area contributed by atoms with Gasteiger partial charge < -0.3 is 15.0 Å². The zero-order chi connectivity index (χ0) is 22.4. The maximum atomic E-state index is 13.0. The molecule has 1 N–H and O–H groups in total. The molecule has 162 valence electrons. The van der Waals surface area contributed by atoms with Crippen LogP contribution in [-0.2, 0) is 16.1 Å². The number of benzene rings is 2. The maximum absolute atomic E-state index is 13.0. The quantitative estimate of drug-likeness (QED) is 0.518. The van der Waals surface area contributed by atoms with Crippen molar-refractivity contribution in [3.63, 3.8) is 0 Å². The summed E-state index contributed by atoms with van der Waals surface area (Å²) in [4.78, 5) is 26.9. The molecule has 0 radical (unpaired) electrons. The molecule has 0 fully saturated rings. The van der Waals surface area contributed by atoms with E-state index in [1.165, 1.54) is 4.90 Å².